The maximum Gasteiger partial charge on any atom is 0.348 e. The Hall–Kier alpha value is -1.96. The van der Waals surface area contributed by atoms with Crippen LogP contribution in [0.5, 0.6) is 0 Å². The number of carbonyl (C=O) groups is 1. The number of methoxy groups -OCH3 is 1. The molecule has 82 valence electrons. The minimum Gasteiger partial charge on any atom is -0.469 e. The average molecular weight is 215 g/mol. The third-order valence-corrected chi connectivity index (χ3v) is 1.78. The zero-order valence-corrected chi connectivity index (χ0v) is 7.84. The lowest BCUT2D eigenvalue weighted by atomic mass is 10.1. The summed E-state index contributed by atoms with van der Waals surface area (Å²) in [6, 6.07) is 0. The molecule has 0 saturated heterocycles. The molecule has 0 unspecified atom stereocenters. The lowest BCUT2D eigenvalue weighted by Crippen LogP contribution is -2.08. The van der Waals surface area contributed by atoms with Gasteiger partial charge in [0.2, 0.25) is 0 Å². The zero-order chi connectivity index (χ0) is 11.4. The second-order valence-electron chi connectivity index (χ2n) is 2.73. The molecule has 0 amide bonds. The molecule has 0 aromatic carbocycles. The van der Waals surface area contributed by atoms with Crippen molar-refractivity contribution in [3.05, 3.63) is 21.9 Å². The van der Waals surface area contributed by atoms with Gasteiger partial charge in [0.25, 0.3) is 0 Å². The van der Waals surface area contributed by atoms with Gasteiger partial charge in [-0.05, 0) is 4.92 Å². The molecule has 8 heteroatoms. The molecule has 1 atom stereocenters. The predicted molar refractivity (Wildman–Crippen MR) is 46.8 cm³/mol. The number of esters is 1. The largest absolute Gasteiger partial charge is 0.469 e. The van der Waals surface area contributed by atoms with E-state index in [1.165, 1.54) is 7.11 Å². The summed E-state index contributed by atoms with van der Waals surface area (Å²) in [5.41, 5.74) is -0.0367. The van der Waals surface area contributed by atoms with E-state index in [0.717, 1.165) is 6.20 Å². The van der Waals surface area contributed by atoms with Gasteiger partial charge in [-0.3, -0.25) is 4.79 Å². The van der Waals surface area contributed by atoms with Gasteiger partial charge in [0.05, 0.1) is 31.4 Å². The molecular weight excluding hydrogens is 206 g/mol. The Balaban J connectivity index is 2.81. The van der Waals surface area contributed by atoms with E-state index in [1.54, 1.807) is 0 Å². The molecule has 0 fully saturated rings. The summed E-state index contributed by atoms with van der Waals surface area (Å²) in [4.78, 5) is 20.5. The van der Waals surface area contributed by atoms with E-state index < -0.39 is 22.8 Å². The fourth-order valence-corrected chi connectivity index (χ4v) is 1.03. The van der Waals surface area contributed by atoms with Crippen LogP contribution in [0.3, 0.4) is 0 Å². The van der Waals surface area contributed by atoms with Crippen LogP contribution in [0.25, 0.3) is 0 Å². The number of H-pyrrole nitrogens is 1. The second-order valence-corrected chi connectivity index (χ2v) is 2.73. The van der Waals surface area contributed by atoms with Gasteiger partial charge >= 0.3 is 11.8 Å². The Bertz CT molecular complexity index is 374. The Labute approximate surface area is 84.0 Å². The van der Waals surface area contributed by atoms with Gasteiger partial charge in [-0.1, -0.05) is 5.10 Å². The summed E-state index contributed by atoms with van der Waals surface area (Å²) in [7, 11) is 1.17. The van der Waals surface area contributed by atoms with Crippen LogP contribution in [-0.2, 0) is 9.53 Å². The van der Waals surface area contributed by atoms with Crippen molar-refractivity contribution in [2.45, 2.75) is 12.5 Å². The number of aliphatic hydroxyl groups excluding tert-OH is 1. The van der Waals surface area contributed by atoms with E-state index >= 15 is 0 Å². The number of nitrogens with one attached hydrogen (secondary N) is 1. The highest BCUT2D eigenvalue weighted by atomic mass is 16.6. The molecule has 2 N–H and O–H groups in total. The summed E-state index contributed by atoms with van der Waals surface area (Å²) in [5.74, 6) is -1.08. The number of nitro groups is 1. The number of aromatic nitrogens is 2. The van der Waals surface area contributed by atoms with Crippen LogP contribution in [0, 0.1) is 10.1 Å². The van der Waals surface area contributed by atoms with Crippen LogP contribution in [0.1, 0.15) is 18.1 Å². The molecule has 0 aliphatic rings. The standard InChI is InChI=1S/C7H9N3O5/c1-15-6(12)2-5(11)4-3-8-9-7(4)10(13)14/h3,5,11H,2H2,1H3,(H,8,9)/t5-/m1/s1. The summed E-state index contributed by atoms with van der Waals surface area (Å²) in [5, 5.41) is 25.5. The lowest BCUT2D eigenvalue weighted by molar-refractivity contribution is -0.390. The van der Waals surface area contributed by atoms with Crippen molar-refractivity contribution in [2.75, 3.05) is 7.11 Å². The molecular formula is C7H9N3O5. The molecule has 0 spiro atoms. The lowest BCUT2D eigenvalue weighted by Gasteiger charge is -2.05. The number of aromatic amines is 1. The minimum absolute atomic E-state index is 0.0367. The van der Waals surface area contributed by atoms with Gasteiger partial charge < -0.3 is 20.0 Å². The third-order valence-electron chi connectivity index (χ3n) is 1.78. The van der Waals surface area contributed by atoms with Crippen molar-refractivity contribution >= 4 is 11.8 Å². The monoisotopic (exact) mass is 215 g/mol. The smallest absolute Gasteiger partial charge is 0.348 e. The highest BCUT2D eigenvalue weighted by Crippen LogP contribution is 2.24. The van der Waals surface area contributed by atoms with Crippen LogP contribution in [0.4, 0.5) is 5.82 Å². The summed E-state index contributed by atoms with van der Waals surface area (Å²) in [6.07, 6.45) is -0.542. The second kappa shape index (κ2) is 4.51. The van der Waals surface area contributed by atoms with E-state index in [2.05, 4.69) is 14.9 Å². The van der Waals surface area contributed by atoms with Crippen LogP contribution in [0.2, 0.25) is 0 Å². The Morgan fingerprint density at radius 1 is 1.87 bits per heavy atom. The van der Waals surface area contributed by atoms with Crippen LogP contribution >= 0.6 is 0 Å². The molecule has 1 aromatic rings. The first-order chi connectivity index (χ1) is 7.06. The zero-order valence-electron chi connectivity index (χ0n) is 7.84. The summed E-state index contributed by atoms with van der Waals surface area (Å²) < 4.78 is 4.32. The number of aliphatic hydroxyl groups is 1. The molecule has 1 heterocycles. The SMILES string of the molecule is COC(=O)C[C@@H](O)c1cn[nH]c1[N+](=O)[O-]. The van der Waals surface area contributed by atoms with Gasteiger partial charge in [-0.2, -0.15) is 0 Å². The maximum absolute atomic E-state index is 10.8. The third kappa shape index (κ3) is 2.50. The number of carbonyl (C=O) groups excluding carboxylic acids is 1. The van der Waals surface area contributed by atoms with Gasteiger partial charge in [-0.15, -0.1) is 5.10 Å². The normalized spacial score (nSPS) is 12.1. The first-order valence-electron chi connectivity index (χ1n) is 3.98. The highest BCUT2D eigenvalue weighted by Gasteiger charge is 2.24. The first kappa shape index (κ1) is 11.1. The number of hydrogen-bond acceptors (Lipinski definition) is 6. The molecule has 0 aliphatic heterocycles. The molecule has 0 aliphatic carbocycles. The maximum atomic E-state index is 10.8. The van der Waals surface area contributed by atoms with Crippen molar-refractivity contribution in [1.82, 2.24) is 10.2 Å². The van der Waals surface area contributed by atoms with Crippen molar-refractivity contribution < 1.29 is 19.6 Å². The Morgan fingerprint density at radius 3 is 3.07 bits per heavy atom. The van der Waals surface area contributed by atoms with E-state index in [1.807, 2.05) is 0 Å². The number of nitrogens with zero attached hydrogens (tertiary/aromatic N) is 2. The van der Waals surface area contributed by atoms with Crippen molar-refractivity contribution in [1.29, 1.82) is 0 Å². The molecule has 1 aromatic heterocycles. The van der Waals surface area contributed by atoms with E-state index in [4.69, 9.17) is 0 Å². The number of hydrogen-bond donors (Lipinski definition) is 2. The van der Waals surface area contributed by atoms with E-state index in [-0.39, 0.29) is 12.0 Å². The van der Waals surface area contributed by atoms with Crippen LogP contribution in [-0.4, -0.2) is 33.3 Å². The van der Waals surface area contributed by atoms with E-state index in [9.17, 15) is 20.0 Å². The van der Waals surface area contributed by atoms with Crippen molar-refractivity contribution in [3.8, 4) is 0 Å². The Kier molecular flexibility index (Phi) is 3.34. The Morgan fingerprint density at radius 2 is 2.53 bits per heavy atom. The van der Waals surface area contributed by atoms with Gasteiger partial charge in [0.15, 0.2) is 0 Å². The first-order valence-corrected chi connectivity index (χ1v) is 3.98. The molecule has 15 heavy (non-hydrogen) atoms. The minimum atomic E-state index is -1.29. The predicted octanol–water partition coefficient (Wildman–Crippen LogP) is -0.0856. The topological polar surface area (TPSA) is 118 Å². The van der Waals surface area contributed by atoms with Crippen LogP contribution < -0.4 is 0 Å². The molecule has 8 nitrogen and oxygen atoms in total. The quantitative estimate of drug-likeness (QED) is 0.411. The molecule has 0 saturated carbocycles. The molecule has 1 rings (SSSR count). The van der Waals surface area contributed by atoms with Crippen LogP contribution in [0.15, 0.2) is 6.20 Å². The average Bonchev–Trinajstić information content (AvgIpc) is 2.65. The number of ether oxygens (including phenoxy) is 1. The highest BCUT2D eigenvalue weighted by molar-refractivity contribution is 5.70. The fourth-order valence-electron chi connectivity index (χ4n) is 1.03. The molecule has 0 bridgehead atoms. The van der Waals surface area contributed by atoms with Crippen molar-refractivity contribution in [3.63, 3.8) is 0 Å². The van der Waals surface area contributed by atoms with Gasteiger partial charge in [0.1, 0.15) is 0 Å². The van der Waals surface area contributed by atoms with Crippen molar-refractivity contribution in [2.24, 2.45) is 0 Å². The molecule has 0 radical (unpaired) electrons. The fraction of sp³-hybridized carbons (Fsp3) is 0.429. The summed E-state index contributed by atoms with van der Waals surface area (Å²) >= 11 is 0. The van der Waals surface area contributed by atoms with Gasteiger partial charge in [0, 0.05) is 0 Å². The summed E-state index contributed by atoms with van der Waals surface area (Å²) in [6.45, 7) is 0. The van der Waals surface area contributed by atoms with E-state index in [0.29, 0.717) is 0 Å². The van der Waals surface area contributed by atoms with Gasteiger partial charge in [-0.25, -0.2) is 0 Å². The number of rotatable bonds is 4.